The highest BCUT2D eigenvalue weighted by atomic mass is 32.1. The molecule has 5 heteroatoms. The van der Waals surface area contributed by atoms with Gasteiger partial charge in [-0.15, -0.1) is 0 Å². The van der Waals surface area contributed by atoms with Crippen molar-refractivity contribution < 1.29 is 4.74 Å². The van der Waals surface area contributed by atoms with Crippen LogP contribution in [0.2, 0.25) is 0 Å². The van der Waals surface area contributed by atoms with Gasteiger partial charge in [0.05, 0.1) is 6.61 Å². The summed E-state index contributed by atoms with van der Waals surface area (Å²) >= 11 is 5.30. The second-order valence-electron chi connectivity index (χ2n) is 5.31. The average molecular weight is 253 g/mol. The zero-order chi connectivity index (χ0) is 11.8. The Morgan fingerprint density at radius 3 is 3.00 bits per heavy atom. The maximum atomic E-state index is 5.30. The molecule has 3 rings (SSSR count). The highest BCUT2D eigenvalue weighted by molar-refractivity contribution is 7.71. The zero-order valence-corrected chi connectivity index (χ0v) is 11.0. The van der Waals surface area contributed by atoms with Gasteiger partial charge in [-0.05, 0) is 43.3 Å². The van der Waals surface area contributed by atoms with E-state index in [-0.39, 0.29) is 0 Å². The fraction of sp³-hybridized carbons (Fsp3) is 0.833. The molecule has 0 radical (unpaired) electrons. The Labute approximate surface area is 106 Å². The van der Waals surface area contributed by atoms with Gasteiger partial charge < -0.3 is 9.30 Å². The normalized spacial score (nSPS) is 31.2. The van der Waals surface area contributed by atoms with Crippen LogP contribution in [0.1, 0.15) is 37.4 Å². The molecule has 3 unspecified atom stereocenters. The summed E-state index contributed by atoms with van der Waals surface area (Å²) in [6.45, 7) is 1.51. The van der Waals surface area contributed by atoms with Crippen molar-refractivity contribution in [2.75, 3.05) is 13.7 Å². The van der Waals surface area contributed by atoms with Gasteiger partial charge >= 0.3 is 0 Å². The summed E-state index contributed by atoms with van der Waals surface area (Å²) in [4.78, 5) is 0. The third-order valence-corrected chi connectivity index (χ3v) is 4.69. The van der Waals surface area contributed by atoms with E-state index in [9.17, 15) is 0 Å². The maximum absolute atomic E-state index is 5.30. The fourth-order valence-electron chi connectivity index (χ4n) is 3.57. The topological polar surface area (TPSA) is 42.8 Å². The van der Waals surface area contributed by atoms with Crippen molar-refractivity contribution in [2.24, 2.45) is 11.8 Å². The number of nitrogens with one attached hydrogen (secondary N) is 1. The molecular formula is C12H19N3OS. The number of aromatic amines is 1. The summed E-state index contributed by atoms with van der Waals surface area (Å²) in [6.07, 6.45) is 5.50. The third-order valence-electron chi connectivity index (χ3n) is 4.38. The van der Waals surface area contributed by atoms with Gasteiger partial charge in [-0.25, -0.2) is 0 Å². The number of rotatable bonds is 4. The first-order valence-electron chi connectivity index (χ1n) is 6.43. The number of nitrogens with zero attached hydrogens (tertiary/aromatic N) is 2. The molecule has 2 aliphatic carbocycles. The van der Waals surface area contributed by atoms with E-state index in [1.807, 2.05) is 0 Å². The molecular weight excluding hydrogens is 234 g/mol. The van der Waals surface area contributed by atoms with Crippen LogP contribution in [0.25, 0.3) is 0 Å². The monoisotopic (exact) mass is 253 g/mol. The van der Waals surface area contributed by atoms with Gasteiger partial charge in [0.15, 0.2) is 4.77 Å². The molecule has 1 heterocycles. The van der Waals surface area contributed by atoms with E-state index >= 15 is 0 Å². The highest BCUT2D eigenvalue weighted by Gasteiger charge is 2.42. The van der Waals surface area contributed by atoms with Crippen molar-refractivity contribution in [1.29, 1.82) is 0 Å². The summed E-state index contributed by atoms with van der Waals surface area (Å²) in [7, 11) is 1.72. The Morgan fingerprint density at radius 2 is 2.35 bits per heavy atom. The first-order valence-corrected chi connectivity index (χ1v) is 6.84. The summed E-state index contributed by atoms with van der Waals surface area (Å²) in [5, 5.41) is 7.40. The second-order valence-corrected chi connectivity index (χ2v) is 5.70. The van der Waals surface area contributed by atoms with Crippen molar-refractivity contribution in [2.45, 2.75) is 38.1 Å². The lowest BCUT2D eigenvalue weighted by atomic mass is 9.88. The van der Waals surface area contributed by atoms with Crippen LogP contribution in [0.15, 0.2) is 0 Å². The lowest BCUT2D eigenvalue weighted by molar-refractivity contribution is 0.184. The molecule has 0 amide bonds. The number of aromatic nitrogens is 3. The number of H-pyrrole nitrogens is 1. The molecule has 0 aliphatic heterocycles. The van der Waals surface area contributed by atoms with E-state index in [4.69, 9.17) is 17.0 Å². The minimum atomic E-state index is 0.624. The predicted molar refractivity (Wildman–Crippen MR) is 67.5 cm³/mol. The molecule has 17 heavy (non-hydrogen) atoms. The SMILES string of the molecule is COCCn1c(C2CC3CCC2C3)n[nH]c1=S. The smallest absolute Gasteiger partial charge is 0.195 e. The minimum Gasteiger partial charge on any atom is -0.383 e. The van der Waals surface area contributed by atoms with Gasteiger partial charge in [0.1, 0.15) is 5.82 Å². The lowest BCUT2D eigenvalue weighted by Crippen LogP contribution is -2.16. The molecule has 1 N–H and O–H groups in total. The van der Waals surface area contributed by atoms with Crippen molar-refractivity contribution in [3.05, 3.63) is 10.6 Å². The van der Waals surface area contributed by atoms with Crippen molar-refractivity contribution in [3.63, 3.8) is 0 Å². The third kappa shape index (κ3) is 1.95. The molecule has 3 atom stereocenters. The summed E-state index contributed by atoms with van der Waals surface area (Å²) in [5.74, 6) is 3.57. The van der Waals surface area contributed by atoms with Gasteiger partial charge in [-0.2, -0.15) is 5.10 Å². The van der Waals surface area contributed by atoms with Gasteiger partial charge in [0.25, 0.3) is 0 Å². The average Bonchev–Trinajstić information content (AvgIpc) is 3.01. The number of hydrogen-bond donors (Lipinski definition) is 1. The van der Waals surface area contributed by atoms with Crippen LogP contribution in [0, 0.1) is 16.6 Å². The second kappa shape index (κ2) is 4.53. The minimum absolute atomic E-state index is 0.624. The lowest BCUT2D eigenvalue weighted by Gasteiger charge is -2.21. The van der Waals surface area contributed by atoms with Gasteiger partial charge in [0, 0.05) is 19.6 Å². The molecule has 2 fully saturated rings. The highest BCUT2D eigenvalue weighted by Crippen LogP contribution is 2.52. The van der Waals surface area contributed by atoms with Crippen LogP contribution in [0.5, 0.6) is 0 Å². The Balaban J connectivity index is 1.85. The molecule has 4 nitrogen and oxygen atoms in total. The van der Waals surface area contributed by atoms with Crippen LogP contribution in [-0.2, 0) is 11.3 Å². The van der Waals surface area contributed by atoms with E-state index in [1.165, 1.54) is 31.5 Å². The zero-order valence-electron chi connectivity index (χ0n) is 10.2. The van der Waals surface area contributed by atoms with E-state index in [0.29, 0.717) is 12.5 Å². The Morgan fingerprint density at radius 1 is 1.47 bits per heavy atom. The number of ether oxygens (including phenoxy) is 1. The standard InChI is InChI=1S/C12H19N3OS/c1-16-5-4-15-11(13-14-12(15)17)10-7-8-2-3-9(10)6-8/h8-10H,2-7H2,1H3,(H,14,17). The quantitative estimate of drug-likeness (QED) is 0.838. The fourth-order valence-corrected chi connectivity index (χ4v) is 3.80. The largest absolute Gasteiger partial charge is 0.383 e. The first-order chi connectivity index (χ1) is 8.29. The summed E-state index contributed by atoms with van der Waals surface area (Å²) in [5.41, 5.74) is 0. The summed E-state index contributed by atoms with van der Waals surface area (Å²) in [6, 6.07) is 0. The van der Waals surface area contributed by atoms with Crippen LogP contribution in [-0.4, -0.2) is 28.5 Å². The first kappa shape index (κ1) is 11.4. The molecule has 1 aromatic heterocycles. The van der Waals surface area contributed by atoms with Gasteiger partial charge in [-0.3, -0.25) is 5.10 Å². The van der Waals surface area contributed by atoms with Crippen LogP contribution in [0.3, 0.4) is 0 Å². The van der Waals surface area contributed by atoms with E-state index in [0.717, 1.165) is 23.2 Å². The summed E-state index contributed by atoms with van der Waals surface area (Å²) < 4.78 is 8.01. The molecule has 2 saturated carbocycles. The van der Waals surface area contributed by atoms with Crippen LogP contribution in [0.4, 0.5) is 0 Å². The maximum Gasteiger partial charge on any atom is 0.195 e. The Hall–Kier alpha value is -0.680. The van der Waals surface area contributed by atoms with E-state index in [2.05, 4.69) is 14.8 Å². The Kier molecular flexibility index (Phi) is 3.04. The van der Waals surface area contributed by atoms with Crippen molar-refractivity contribution in [1.82, 2.24) is 14.8 Å². The van der Waals surface area contributed by atoms with Crippen molar-refractivity contribution in [3.8, 4) is 0 Å². The number of methoxy groups -OCH3 is 1. The molecule has 0 spiro atoms. The van der Waals surface area contributed by atoms with E-state index < -0.39 is 0 Å². The number of hydrogen-bond acceptors (Lipinski definition) is 3. The van der Waals surface area contributed by atoms with Crippen molar-refractivity contribution >= 4 is 12.2 Å². The molecule has 2 aliphatic rings. The van der Waals surface area contributed by atoms with Crippen LogP contribution < -0.4 is 0 Å². The molecule has 1 aromatic rings. The Bertz CT molecular complexity index is 453. The van der Waals surface area contributed by atoms with E-state index in [1.54, 1.807) is 7.11 Å². The molecule has 94 valence electrons. The van der Waals surface area contributed by atoms with Crippen LogP contribution >= 0.6 is 12.2 Å². The van der Waals surface area contributed by atoms with Gasteiger partial charge in [0.2, 0.25) is 0 Å². The predicted octanol–water partition coefficient (Wildman–Crippen LogP) is 2.49. The van der Waals surface area contributed by atoms with Gasteiger partial charge in [-0.1, -0.05) is 6.42 Å². The molecule has 2 bridgehead atoms. The molecule has 0 saturated heterocycles. The molecule has 0 aromatic carbocycles. The number of fused-ring (bicyclic) bond motifs is 2.